The standard InChI is InChI=1S/C23H26N4O3S/c1-15(2)12-13-27-22(30)18-6-4-5-7-19(18)24-23(27)31-14-20(28)25-26-21(29)17-10-8-16(3)9-11-17/h4-11,15H,12-14H2,1-3H3,(H,25,28)(H,26,29). The topological polar surface area (TPSA) is 93.1 Å². The number of hydrogen-bond acceptors (Lipinski definition) is 5. The van der Waals surface area contributed by atoms with Gasteiger partial charge in [-0.15, -0.1) is 0 Å². The molecule has 31 heavy (non-hydrogen) atoms. The van der Waals surface area contributed by atoms with E-state index in [4.69, 9.17) is 0 Å². The summed E-state index contributed by atoms with van der Waals surface area (Å²) in [4.78, 5) is 42.0. The first-order valence-corrected chi connectivity index (χ1v) is 11.1. The van der Waals surface area contributed by atoms with E-state index < -0.39 is 5.91 Å². The van der Waals surface area contributed by atoms with E-state index in [1.807, 2.05) is 31.2 Å². The van der Waals surface area contributed by atoms with E-state index in [-0.39, 0.29) is 17.2 Å². The Morgan fingerprint density at radius 2 is 1.77 bits per heavy atom. The summed E-state index contributed by atoms with van der Waals surface area (Å²) in [7, 11) is 0. The van der Waals surface area contributed by atoms with Crippen molar-refractivity contribution in [2.24, 2.45) is 5.92 Å². The fourth-order valence-electron chi connectivity index (χ4n) is 2.91. The van der Waals surface area contributed by atoms with Gasteiger partial charge in [-0.25, -0.2) is 4.98 Å². The average Bonchev–Trinajstić information content (AvgIpc) is 2.76. The molecule has 0 spiro atoms. The molecule has 2 aromatic carbocycles. The third-order valence-corrected chi connectivity index (χ3v) is 5.69. The number of hydrazine groups is 1. The highest BCUT2D eigenvalue weighted by molar-refractivity contribution is 7.99. The average molecular weight is 439 g/mol. The highest BCUT2D eigenvalue weighted by Crippen LogP contribution is 2.18. The van der Waals surface area contributed by atoms with E-state index >= 15 is 0 Å². The Bertz CT molecular complexity index is 1140. The molecule has 0 aliphatic heterocycles. The molecular formula is C23H26N4O3S. The Morgan fingerprint density at radius 1 is 1.06 bits per heavy atom. The molecule has 0 radical (unpaired) electrons. The van der Waals surface area contributed by atoms with Gasteiger partial charge in [0.1, 0.15) is 0 Å². The fraction of sp³-hybridized carbons (Fsp3) is 0.304. The maximum atomic E-state index is 13.0. The number of aryl methyl sites for hydroxylation is 1. The number of thioether (sulfide) groups is 1. The molecule has 0 saturated heterocycles. The van der Waals surface area contributed by atoms with Crippen molar-refractivity contribution in [1.82, 2.24) is 20.4 Å². The van der Waals surface area contributed by atoms with Gasteiger partial charge in [0.05, 0.1) is 16.7 Å². The van der Waals surface area contributed by atoms with Crippen LogP contribution in [0.2, 0.25) is 0 Å². The zero-order valence-corrected chi connectivity index (χ0v) is 18.7. The smallest absolute Gasteiger partial charge is 0.269 e. The molecule has 0 bridgehead atoms. The minimum atomic E-state index is -0.393. The molecular weight excluding hydrogens is 412 g/mol. The molecule has 0 aliphatic carbocycles. The van der Waals surface area contributed by atoms with Gasteiger partial charge >= 0.3 is 0 Å². The van der Waals surface area contributed by atoms with E-state index in [2.05, 4.69) is 29.7 Å². The first-order chi connectivity index (χ1) is 14.8. The molecule has 0 fully saturated rings. The van der Waals surface area contributed by atoms with Crippen LogP contribution >= 0.6 is 11.8 Å². The Labute approximate surface area is 185 Å². The number of aromatic nitrogens is 2. The summed E-state index contributed by atoms with van der Waals surface area (Å²) in [6.07, 6.45) is 0.826. The van der Waals surface area contributed by atoms with Gasteiger partial charge in [-0.1, -0.05) is 55.4 Å². The van der Waals surface area contributed by atoms with Gasteiger partial charge in [0.25, 0.3) is 11.5 Å². The highest BCUT2D eigenvalue weighted by Gasteiger charge is 2.14. The second kappa shape index (κ2) is 10.3. The maximum Gasteiger partial charge on any atom is 0.269 e. The van der Waals surface area contributed by atoms with Crippen LogP contribution in [0.3, 0.4) is 0 Å². The summed E-state index contributed by atoms with van der Waals surface area (Å²) in [6, 6.07) is 14.2. The number of carbonyl (C=O) groups excluding carboxylic acids is 2. The molecule has 0 atom stereocenters. The number of nitrogens with one attached hydrogen (secondary N) is 2. The van der Waals surface area contributed by atoms with Crippen LogP contribution in [0.5, 0.6) is 0 Å². The van der Waals surface area contributed by atoms with Gasteiger partial charge in [0, 0.05) is 12.1 Å². The monoisotopic (exact) mass is 438 g/mol. The predicted octanol–water partition coefficient (Wildman–Crippen LogP) is 3.30. The third kappa shape index (κ3) is 5.95. The SMILES string of the molecule is Cc1ccc(C(=O)NNC(=O)CSc2nc3ccccc3c(=O)n2CCC(C)C)cc1. The number of para-hydroxylation sites is 1. The number of benzene rings is 2. The molecule has 8 heteroatoms. The van der Waals surface area contributed by atoms with Crippen LogP contribution < -0.4 is 16.4 Å². The molecule has 0 aliphatic rings. The van der Waals surface area contributed by atoms with E-state index in [1.165, 1.54) is 11.8 Å². The lowest BCUT2D eigenvalue weighted by molar-refractivity contribution is -0.119. The van der Waals surface area contributed by atoms with Crippen molar-refractivity contribution in [1.29, 1.82) is 0 Å². The summed E-state index contributed by atoms with van der Waals surface area (Å²) >= 11 is 1.17. The zero-order chi connectivity index (χ0) is 22.4. The third-order valence-electron chi connectivity index (χ3n) is 4.72. The van der Waals surface area contributed by atoms with E-state index in [0.717, 1.165) is 12.0 Å². The largest absolute Gasteiger partial charge is 0.287 e. The molecule has 3 aromatic rings. The Balaban J connectivity index is 1.68. The molecule has 7 nitrogen and oxygen atoms in total. The molecule has 1 heterocycles. The summed E-state index contributed by atoms with van der Waals surface area (Å²) in [5.74, 6) is -0.337. The molecule has 162 valence electrons. The lowest BCUT2D eigenvalue weighted by Gasteiger charge is -2.14. The Morgan fingerprint density at radius 3 is 2.48 bits per heavy atom. The molecule has 1 aromatic heterocycles. The van der Waals surface area contributed by atoms with Crippen LogP contribution in [-0.4, -0.2) is 27.1 Å². The molecule has 3 rings (SSSR count). The Hall–Kier alpha value is -3.13. The maximum absolute atomic E-state index is 13.0. The van der Waals surface area contributed by atoms with Crippen LogP contribution in [0, 0.1) is 12.8 Å². The number of nitrogens with zero attached hydrogens (tertiary/aromatic N) is 2. The van der Waals surface area contributed by atoms with Gasteiger partial charge in [-0.2, -0.15) is 0 Å². The van der Waals surface area contributed by atoms with Gasteiger partial charge < -0.3 is 0 Å². The second-order valence-electron chi connectivity index (χ2n) is 7.71. The van der Waals surface area contributed by atoms with Crippen LogP contribution in [0.1, 0.15) is 36.2 Å². The van der Waals surface area contributed by atoms with Crippen LogP contribution in [0.25, 0.3) is 10.9 Å². The van der Waals surface area contributed by atoms with Gasteiger partial charge in [0.15, 0.2) is 5.16 Å². The summed E-state index contributed by atoms with van der Waals surface area (Å²) in [5.41, 5.74) is 6.81. The number of amides is 2. The summed E-state index contributed by atoms with van der Waals surface area (Å²) in [5, 5.41) is 1.05. The van der Waals surface area contributed by atoms with Gasteiger partial charge in [-0.3, -0.25) is 29.8 Å². The van der Waals surface area contributed by atoms with Crippen molar-refractivity contribution in [3.05, 3.63) is 70.0 Å². The first kappa shape index (κ1) is 22.6. The van der Waals surface area contributed by atoms with Crippen molar-refractivity contribution in [3.8, 4) is 0 Å². The summed E-state index contributed by atoms with van der Waals surface area (Å²) < 4.78 is 1.63. The number of rotatable bonds is 7. The Kier molecular flexibility index (Phi) is 7.46. The predicted molar refractivity (Wildman–Crippen MR) is 123 cm³/mol. The lowest BCUT2D eigenvalue weighted by Crippen LogP contribution is -2.42. The van der Waals surface area contributed by atoms with Crippen LogP contribution in [-0.2, 0) is 11.3 Å². The lowest BCUT2D eigenvalue weighted by atomic mass is 10.1. The van der Waals surface area contributed by atoms with Crippen LogP contribution in [0.15, 0.2) is 58.5 Å². The second-order valence-corrected chi connectivity index (χ2v) is 8.65. The van der Waals surface area contributed by atoms with Crippen molar-refractivity contribution >= 4 is 34.5 Å². The molecule has 0 unspecified atom stereocenters. The normalized spacial score (nSPS) is 11.0. The van der Waals surface area contributed by atoms with Crippen molar-refractivity contribution in [2.75, 3.05) is 5.75 Å². The van der Waals surface area contributed by atoms with Crippen molar-refractivity contribution in [2.45, 2.75) is 38.9 Å². The van der Waals surface area contributed by atoms with Gasteiger partial charge in [0.2, 0.25) is 5.91 Å². The first-order valence-electron chi connectivity index (χ1n) is 10.1. The van der Waals surface area contributed by atoms with E-state index in [1.54, 1.807) is 28.8 Å². The minimum absolute atomic E-state index is 0.0145. The molecule has 2 amide bonds. The number of carbonyl (C=O) groups is 2. The van der Waals surface area contributed by atoms with Gasteiger partial charge in [-0.05, 0) is 43.5 Å². The van der Waals surface area contributed by atoms with Crippen LogP contribution in [0.4, 0.5) is 0 Å². The molecule has 0 saturated carbocycles. The number of fused-ring (bicyclic) bond motifs is 1. The number of hydrogen-bond donors (Lipinski definition) is 2. The van der Waals surface area contributed by atoms with E-state index in [9.17, 15) is 14.4 Å². The minimum Gasteiger partial charge on any atom is -0.287 e. The fourth-order valence-corrected chi connectivity index (χ4v) is 3.74. The highest BCUT2D eigenvalue weighted by atomic mass is 32.2. The molecule has 2 N–H and O–H groups in total. The van der Waals surface area contributed by atoms with E-state index in [0.29, 0.717) is 34.1 Å². The zero-order valence-electron chi connectivity index (χ0n) is 17.8. The van der Waals surface area contributed by atoms with Crippen molar-refractivity contribution < 1.29 is 9.59 Å². The quantitative estimate of drug-likeness (QED) is 0.335. The summed E-state index contributed by atoms with van der Waals surface area (Å²) in [6.45, 7) is 6.65. The van der Waals surface area contributed by atoms with Crippen molar-refractivity contribution in [3.63, 3.8) is 0 Å².